The first-order valence-corrected chi connectivity index (χ1v) is 6.49. The van der Waals surface area contributed by atoms with Gasteiger partial charge in [-0.1, -0.05) is 13.0 Å². The second kappa shape index (κ2) is 5.34. The summed E-state index contributed by atoms with van der Waals surface area (Å²) in [6.07, 6.45) is -6.55. The van der Waals surface area contributed by atoms with Gasteiger partial charge in [-0.15, -0.1) is 0 Å². The van der Waals surface area contributed by atoms with E-state index in [2.05, 4.69) is 0 Å². The van der Waals surface area contributed by atoms with E-state index in [1.807, 2.05) is 0 Å². The van der Waals surface area contributed by atoms with Crippen LogP contribution in [0, 0.1) is 17.6 Å². The van der Waals surface area contributed by atoms with E-state index in [9.17, 15) is 27.1 Å². The lowest BCUT2D eigenvalue weighted by Crippen LogP contribution is -2.46. The molecule has 0 unspecified atom stereocenters. The lowest BCUT2D eigenvalue weighted by molar-refractivity contribution is -0.291. The second-order valence-corrected chi connectivity index (χ2v) is 5.41. The first-order valence-electron chi connectivity index (χ1n) is 6.49. The van der Waals surface area contributed by atoms with Gasteiger partial charge in [0.15, 0.2) is 23.5 Å². The van der Waals surface area contributed by atoms with Crippen LogP contribution in [-0.2, 0) is 4.74 Å². The predicted molar refractivity (Wildman–Crippen MR) is 66.4 cm³/mol. The Morgan fingerprint density at radius 3 is 2.32 bits per heavy atom. The number of rotatable bonds is 2. The maximum Gasteiger partial charge on any atom is 0.417 e. The summed E-state index contributed by atoms with van der Waals surface area (Å²) in [5.74, 6) is -5.50. The number of hydrogen-bond donors (Lipinski definition) is 1. The van der Waals surface area contributed by atoms with Crippen LogP contribution in [0.25, 0.3) is 0 Å². The van der Waals surface area contributed by atoms with E-state index in [4.69, 9.17) is 9.47 Å². The van der Waals surface area contributed by atoms with Gasteiger partial charge in [0.2, 0.25) is 5.82 Å². The molecule has 8 heteroatoms. The molecule has 0 aliphatic carbocycles. The standard InChI is InChI=1S/C14H15F5O3/c1-6-9(12(20)22-13(6,2)14(17,18)19)7-4-5-8(15)10(16)11(7)21-3/h4-6,9,12,20H,1-3H3/t6-,9-,12-,13+/m0/s1. The first kappa shape index (κ1) is 17.0. The van der Waals surface area contributed by atoms with Gasteiger partial charge in [-0.2, -0.15) is 17.6 Å². The average Bonchev–Trinajstić information content (AvgIpc) is 2.64. The van der Waals surface area contributed by atoms with Crippen LogP contribution < -0.4 is 4.74 Å². The molecule has 0 aromatic heterocycles. The number of aliphatic hydroxyl groups excluding tert-OH is 1. The van der Waals surface area contributed by atoms with Crippen LogP contribution in [0.2, 0.25) is 0 Å². The van der Waals surface area contributed by atoms with Gasteiger partial charge in [0, 0.05) is 17.4 Å². The minimum Gasteiger partial charge on any atom is -0.493 e. The van der Waals surface area contributed by atoms with Crippen LogP contribution in [0.1, 0.15) is 25.3 Å². The van der Waals surface area contributed by atoms with Gasteiger partial charge >= 0.3 is 6.18 Å². The molecular weight excluding hydrogens is 311 g/mol. The Bertz CT molecular complexity index is 574. The molecule has 1 aromatic rings. The summed E-state index contributed by atoms with van der Waals surface area (Å²) in [7, 11) is 1.07. The monoisotopic (exact) mass is 326 g/mol. The van der Waals surface area contributed by atoms with E-state index in [-0.39, 0.29) is 5.56 Å². The highest BCUT2D eigenvalue weighted by atomic mass is 19.4. The topological polar surface area (TPSA) is 38.7 Å². The van der Waals surface area contributed by atoms with Crippen LogP contribution in [0.4, 0.5) is 22.0 Å². The summed E-state index contributed by atoms with van der Waals surface area (Å²) in [5, 5.41) is 9.90. The highest BCUT2D eigenvalue weighted by molar-refractivity contribution is 5.40. The molecule has 1 N–H and O–H groups in total. The largest absolute Gasteiger partial charge is 0.493 e. The van der Waals surface area contributed by atoms with Gasteiger partial charge in [0.1, 0.15) is 0 Å². The van der Waals surface area contributed by atoms with Gasteiger partial charge in [-0.05, 0) is 13.0 Å². The van der Waals surface area contributed by atoms with Crippen LogP contribution in [-0.4, -0.2) is 30.3 Å². The Morgan fingerprint density at radius 1 is 1.27 bits per heavy atom. The van der Waals surface area contributed by atoms with Crippen molar-refractivity contribution in [3.63, 3.8) is 0 Å². The highest BCUT2D eigenvalue weighted by Gasteiger charge is 2.64. The lowest BCUT2D eigenvalue weighted by Gasteiger charge is -2.31. The number of hydrogen-bond acceptors (Lipinski definition) is 3. The van der Waals surface area contributed by atoms with E-state index in [1.165, 1.54) is 6.92 Å². The summed E-state index contributed by atoms with van der Waals surface area (Å²) in [6.45, 7) is 2.04. The fourth-order valence-corrected chi connectivity index (χ4v) is 2.79. The summed E-state index contributed by atoms with van der Waals surface area (Å²) < 4.78 is 76.0. The van der Waals surface area contributed by atoms with Crippen molar-refractivity contribution in [1.82, 2.24) is 0 Å². The number of alkyl halides is 3. The van der Waals surface area contributed by atoms with Gasteiger partial charge < -0.3 is 14.6 Å². The van der Waals surface area contributed by atoms with Gasteiger partial charge in [-0.3, -0.25) is 0 Å². The molecule has 0 radical (unpaired) electrons. The van der Waals surface area contributed by atoms with Crippen molar-refractivity contribution >= 4 is 0 Å². The number of benzene rings is 1. The molecular formula is C14H15F5O3. The number of ether oxygens (including phenoxy) is 2. The van der Waals surface area contributed by atoms with E-state index < -0.39 is 47.3 Å². The minimum absolute atomic E-state index is 0.0747. The Kier molecular flexibility index (Phi) is 4.12. The molecule has 0 bridgehead atoms. The van der Waals surface area contributed by atoms with Crippen molar-refractivity contribution in [3.05, 3.63) is 29.3 Å². The van der Waals surface area contributed by atoms with Gasteiger partial charge in [0.05, 0.1) is 7.11 Å². The van der Waals surface area contributed by atoms with Crippen molar-refractivity contribution in [1.29, 1.82) is 0 Å². The van der Waals surface area contributed by atoms with Crippen LogP contribution >= 0.6 is 0 Å². The van der Waals surface area contributed by atoms with Crippen molar-refractivity contribution in [2.24, 2.45) is 5.92 Å². The fraction of sp³-hybridized carbons (Fsp3) is 0.571. The van der Waals surface area contributed by atoms with E-state index in [0.29, 0.717) is 0 Å². The van der Waals surface area contributed by atoms with E-state index in [0.717, 1.165) is 26.2 Å². The number of aliphatic hydroxyl groups is 1. The molecule has 1 heterocycles. The number of methoxy groups -OCH3 is 1. The highest BCUT2D eigenvalue weighted by Crippen LogP contribution is 2.54. The van der Waals surface area contributed by atoms with Crippen molar-refractivity contribution in [3.8, 4) is 5.75 Å². The summed E-state index contributed by atoms with van der Waals surface area (Å²) in [6, 6.07) is 1.86. The molecule has 1 aliphatic rings. The third kappa shape index (κ3) is 2.34. The maximum absolute atomic E-state index is 13.8. The molecule has 0 saturated carbocycles. The maximum atomic E-state index is 13.8. The molecule has 0 amide bonds. The normalized spacial score (nSPS) is 32.3. The van der Waals surface area contributed by atoms with Gasteiger partial charge in [-0.25, -0.2) is 4.39 Å². The zero-order valence-electron chi connectivity index (χ0n) is 12.0. The molecule has 1 saturated heterocycles. The molecule has 3 nitrogen and oxygen atoms in total. The summed E-state index contributed by atoms with van der Waals surface area (Å²) >= 11 is 0. The molecule has 22 heavy (non-hydrogen) atoms. The zero-order valence-corrected chi connectivity index (χ0v) is 12.0. The number of halogens is 5. The molecule has 2 rings (SSSR count). The summed E-state index contributed by atoms with van der Waals surface area (Å²) in [5.41, 5.74) is -2.68. The Labute approximate surface area is 123 Å². The first-order chi connectivity index (χ1) is 10.0. The summed E-state index contributed by atoms with van der Waals surface area (Å²) in [4.78, 5) is 0. The Morgan fingerprint density at radius 2 is 1.86 bits per heavy atom. The minimum atomic E-state index is -4.73. The van der Waals surface area contributed by atoms with Crippen LogP contribution in [0.5, 0.6) is 5.75 Å². The molecule has 1 aliphatic heterocycles. The Hall–Kier alpha value is -1.41. The fourth-order valence-electron chi connectivity index (χ4n) is 2.79. The van der Waals surface area contributed by atoms with Crippen molar-refractivity contribution in [2.75, 3.05) is 7.11 Å². The van der Waals surface area contributed by atoms with Gasteiger partial charge in [0.25, 0.3) is 0 Å². The molecule has 1 fully saturated rings. The predicted octanol–water partition coefficient (Wildman–Crippen LogP) is 3.36. The molecule has 124 valence electrons. The molecule has 1 aromatic carbocycles. The van der Waals surface area contributed by atoms with Crippen LogP contribution in [0.3, 0.4) is 0 Å². The third-order valence-electron chi connectivity index (χ3n) is 4.29. The van der Waals surface area contributed by atoms with Crippen LogP contribution in [0.15, 0.2) is 12.1 Å². The SMILES string of the molecule is COc1c([C@H]2[C@@H](O)O[C@@](C)(C(F)(F)F)[C@H]2C)ccc(F)c1F. The third-order valence-corrected chi connectivity index (χ3v) is 4.29. The molecule has 0 spiro atoms. The second-order valence-electron chi connectivity index (χ2n) is 5.41. The average molecular weight is 326 g/mol. The lowest BCUT2D eigenvalue weighted by atomic mass is 9.79. The van der Waals surface area contributed by atoms with E-state index in [1.54, 1.807) is 0 Å². The Balaban J connectivity index is 2.53. The van der Waals surface area contributed by atoms with Crippen molar-refractivity contribution in [2.45, 2.75) is 37.8 Å². The quantitative estimate of drug-likeness (QED) is 0.847. The zero-order chi connectivity index (χ0) is 16.9. The smallest absolute Gasteiger partial charge is 0.417 e. The molecule has 4 atom stereocenters. The van der Waals surface area contributed by atoms with E-state index >= 15 is 0 Å². The van der Waals surface area contributed by atoms with Crippen molar-refractivity contribution < 1.29 is 36.5 Å².